The molecule has 0 N–H and O–H groups in total. The molecule has 0 aromatic heterocycles. The van der Waals surface area contributed by atoms with Crippen LogP contribution in [0.2, 0.25) is 0 Å². The fourth-order valence-corrected chi connectivity index (χ4v) is 2.58. The van der Waals surface area contributed by atoms with E-state index in [4.69, 9.17) is 16.3 Å². The Balaban J connectivity index is 2.28. The van der Waals surface area contributed by atoms with Crippen LogP contribution in [0.1, 0.15) is 29.8 Å². The number of methoxy groups -OCH3 is 1. The number of aryl methyl sites for hydroxylation is 1. The second-order valence-corrected chi connectivity index (χ2v) is 4.99. The van der Waals surface area contributed by atoms with Crippen molar-refractivity contribution in [3.63, 3.8) is 0 Å². The van der Waals surface area contributed by atoms with Gasteiger partial charge in [-0.2, -0.15) is 0 Å². The van der Waals surface area contributed by atoms with Crippen molar-refractivity contribution in [3.8, 4) is 5.75 Å². The summed E-state index contributed by atoms with van der Waals surface area (Å²) in [5.41, 5.74) is 2.39. The Hall–Kier alpha value is -0.690. The van der Waals surface area contributed by atoms with Crippen LogP contribution in [0.5, 0.6) is 5.75 Å². The van der Waals surface area contributed by atoms with Crippen LogP contribution in [0.15, 0.2) is 18.2 Å². The molecule has 0 spiro atoms. The average Bonchev–Trinajstić information content (AvgIpc) is 2.94. The van der Waals surface area contributed by atoms with Crippen LogP contribution >= 0.6 is 11.6 Å². The van der Waals surface area contributed by atoms with Crippen LogP contribution in [-0.4, -0.2) is 7.11 Å². The average molecular weight is 225 g/mol. The SMILES string of the molecule is COc1ccc(C)cc1C(Cl)C1CC1C. The van der Waals surface area contributed by atoms with Gasteiger partial charge in [-0.1, -0.05) is 24.6 Å². The van der Waals surface area contributed by atoms with E-state index in [9.17, 15) is 0 Å². The summed E-state index contributed by atoms with van der Waals surface area (Å²) >= 11 is 6.47. The molecule has 0 heterocycles. The largest absolute Gasteiger partial charge is 0.496 e. The number of alkyl halides is 1. The van der Waals surface area contributed by atoms with Gasteiger partial charge in [-0.05, 0) is 31.2 Å². The molecule has 15 heavy (non-hydrogen) atoms. The van der Waals surface area contributed by atoms with E-state index in [0.29, 0.717) is 5.92 Å². The Kier molecular flexibility index (Phi) is 2.92. The summed E-state index contributed by atoms with van der Waals surface area (Å²) < 4.78 is 5.35. The first-order chi connectivity index (χ1) is 7.13. The molecule has 3 atom stereocenters. The molecule has 2 heteroatoms. The third-order valence-corrected chi connectivity index (χ3v) is 3.79. The van der Waals surface area contributed by atoms with E-state index in [0.717, 1.165) is 17.2 Å². The van der Waals surface area contributed by atoms with Gasteiger partial charge in [0.2, 0.25) is 0 Å². The highest BCUT2D eigenvalue weighted by Crippen LogP contribution is 2.51. The number of hydrogen-bond donors (Lipinski definition) is 0. The summed E-state index contributed by atoms with van der Waals surface area (Å²) in [5, 5.41) is 0.106. The van der Waals surface area contributed by atoms with Gasteiger partial charge in [0.05, 0.1) is 12.5 Å². The minimum absolute atomic E-state index is 0.106. The van der Waals surface area contributed by atoms with Gasteiger partial charge in [0.25, 0.3) is 0 Å². The summed E-state index contributed by atoms with van der Waals surface area (Å²) in [5.74, 6) is 2.31. The second-order valence-electron chi connectivity index (χ2n) is 4.52. The van der Waals surface area contributed by atoms with Crippen molar-refractivity contribution in [2.45, 2.75) is 25.6 Å². The molecular weight excluding hydrogens is 208 g/mol. The molecule has 1 fully saturated rings. The van der Waals surface area contributed by atoms with Gasteiger partial charge in [-0.15, -0.1) is 11.6 Å². The highest BCUT2D eigenvalue weighted by molar-refractivity contribution is 6.21. The lowest BCUT2D eigenvalue weighted by molar-refractivity contribution is 0.407. The van der Waals surface area contributed by atoms with Crippen LogP contribution < -0.4 is 4.74 Å². The molecule has 3 unspecified atom stereocenters. The molecule has 1 aliphatic rings. The van der Waals surface area contributed by atoms with Gasteiger partial charge in [0.1, 0.15) is 5.75 Å². The predicted molar refractivity (Wildman–Crippen MR) is 63.6 cm³/mol. The van der Waals surface area contributed by atoms with Crippen molar-refractivity contribution in [2.24, 2.45) is 11.8 Å². The van der Waals surface area contributed by atoms with Gasteiger partial charge in [0, 0.05) is 5.56 Å². The lowest BCUT2D eigenvalue weighted by Gasteiger charge is -2.14. The molecule has 0 saturated heterocycles. The molecule has 1 aliphatic carbocycles. The van der Waals surface area contributed by atoms with E-state index in [1.165, 1.54) is 12.0 Å². The predicted octanol–water partition coefficient (Wildman–Crippen LogP) is 3.94. The normalized spacial score (nSPS) is 26.1. The zero-order valence-corrected chi connectivity index (χ0v) is 10.2. The van der Waals surface area contributed by atoms with Gasteiger partial charge in [0.15, 0.2) is 0 Å². The van der Waals surface area contributed by atoms with Gasteiger partial charge in [-0.3, -0.25) is 0 Å². The number of hydrogen-bond acceptors (Lipinski definition) is 1. The van der Waals surface area contributed by atoms with Crippen molar-refractivity contribution < 1.29 is 4.74 Å². The summed E-state index contributed by atoms with van der Waals surface area (Å²) in [7, 11) is 1.70. The summed E-state index contributed by atoms with van der Waals surface area (Å²) in [6.45, 7) is 4.34. The van der Waals surface area contributed by atoms with Gasteiger partial charge >= 0.3 is 0 Å². The molecule has 0 amide bonds. The van der Waals surface area contributed by atoms with E-state index in [-0.39, 0.29) is 5.38 Å². The molecule has 1 aromatic rings. The maximum Gasteiger partial charge on any atom is 0.123 e. The fourth-order valence-electron chi connectivity index (χ4n) is 2.06. The van der Waals surface area contributed by atoms with E-state index in [1.807, 2.05) is 6.07 Å². The lowest BCUT2D eigenvalue weighted by atomic mass is 10.0. The third-order valence-electron chi connectivity index (χ3n) is 3.23. The van der Waals surface area contributed by atoms with Crippen LogP contribution in [0.3, 0.4) is 0 Å². The Morgan fingerprint density at radius 3 is 2.67 bits per heavy atom. The molecule has 1 aromatic carbocycles. The molecule has 82 valence electrons. The first kappa shape index (κ1) is 10.8. The zero-order valence-electron chi connectivity index (χ0n) is 9.46. The number of benzene rings is 1. The molecule has 0 radical (unpaired) electrons. The smallest absolute Gasteiger partial charge is 0.123 e. The number of halogens is 1. The van der Waals surface area contributed by atoms with Crippen molar-refractivity contribution in [1.82, 2.24) is 0 Å². The minimum atomic E-state index is 0.106. The Labute approximate surface area is 96.4 Å². The Bertz CT molecular complexity index is 362. The van der Waals surface area contributed by atoms with E-state index in [1.54, 1.807) is 7.11 Å². The number of ether oxygens (including phenoxy) is 1. The first-order valence-corrected chi connectivity index (χ1v) is 5.85. The van der Waals surface area contributed by atoms with Gasteiger partial charge in [-0.25, -0.2) is 0 Å². The molecule has 2 rings (SSSR count). The van der Waals surface area contributed by atoms with E-state index < -0.39 is 0 Å². The van der Waals surface area contributed by atoms with Crippen molar-refractivity contribution >= 4 is 11.6 Å². The summed E-state index contributed by atoms with van der Waals surface area (Å²) in [6.07, 6.45) is 1.24. The molecule has 0 bridgehead atoms. The maximum atomic E-state index is 6.47. The van der Waals surface area contributed by atoms with E-state index in [2.05, 4.69) is 26.0 Å². The van der Waals surface area contributed by atoms with Crippen LogP contribution in [0, 0.1) is 18.8 Å². The quantitative estimate of drug-likeness (QED) is 0.707. The maximum absolute atomic E-state index is 6.47. The molecule has 0 aliphatic heterocycles. The van der Waals surface area contributed by atoms with Crippen molar-refractivity contribution in [3.05, 3.63) is 29.3 Å². The van der Waals surface area contributed by atoms with Crippen molar-refractivity contribution in [2.75, 3.05) is 7.11 Å². The third kappa shape index (κ3) is 2.12. The van der Waals surface area contributed by atoms with Crippen molar-refractivity contribution in [1.29, 1.82) is 0 Å². The minimum Gasteiger partial charge on any atom is -0.496 e. The van der Waals surface area contributed by atoms with E-state index >= 15 is 0 Å². The summed E-state index contributed by atoms with van der Waals surface area (Å²) in [4.78, 5) is 0. The first-order valence-electron chi connectivity index (χ1n) is 5.42. The zero-order chi connectivity index (χ0) is 11.0. The van der Waals surface area contributed by atoms with Gasteiger partial charge < -0.3 is 4.74 Å². The fraction of sp³-hybridized carbons (Fsp3) is 0.538. The topological polar surface area (TPSA) is 9.23 Å². The number of rotatable bonds is 3. The highest BCUT2D eigenvalue weighted by Gasteiger charge is 2.40. The van der Waals surface area contributed by atoms with Crippen LogP contribution in [0.25, 0.3) is 0 Å². The Morgan fingerprint density at radius 1 is 1.47 bits per heavy atom. The molecule has 1 saturated carbocycles. The second kappa shape index (κ2) is 4.05. The summed E-state index contributed by atoms with van der Waals surface area (Å²) in [6, 6.07) is 6.21. The molecule has 1 nitrogen and oxygen atoms in total. The Morgan fingerprint density at radius 2 is 2.13 bits per heavy atom. The lowest BCUT2D eigenvalue weighted by Crippen LogP contribution is -1.99. The molecular formula is C13H17ClO. The van der Waals surface area contributed by atoms with Crippen LogP contribution in [0.4, 0.5) is 0 Å². The highest BCUT2D eigenvalue weighted by atomic mass is 35.5. The standard InChI is InChI=1S/C13H17ClO/c1-8-4-5-12(15-3)11(6-8)13(14)10-7-9(10)2/h4-6,9-10,13H,7H2,1-3H3. The monoisotopic (exact) mass is 224 g/mol. The van der Waals surface area contributed by atoms with Crippen LogP contribution in [-0.2, 0) is 0 Å².